The molecule has 2 atom stereocenters. The summed E-state index contributed by atoms with van der Waals surface area (Å²) in [5.74, 6) is -3.74. The first kappa shape index (κ1) is 31.1. The average molecular weight is 818 g/mol. The fourth-order valence-corrected chi connectivity index (χ4v) is 2.24. The summed E-state index contributed by atoms with van der Waals surface area (Å²) in [6, 6.07) is -2.09. The molecule has 11 nitrogen and oxygen atoms in total. The summed E-state index contributed by atoms with van der Waals surface area (Å²) in [6.45, 7) is 5.76. The van der Waals surface area contributed by atoms with Gasteiger partial charge in [-0.25, -0.2) is 4.79 Å². The number of rotatable bonds is 8. The minimum absolute atomic E-state index is 0.0793. The number of carboxylic acids is 1. The molecule has 1 saturated heterocycles. The van der Waals surface area contributed by atoms with Crippen LogP contribution in [-0.2, 0) is 33.6 Å². The van der Waals surface area contributed by atoms with Gasteiger partial charge in [-0.2, -0.15) is 0 Å². The van der Waals surface area contributed by atoms with Crippen LogP contribution in [0.1, 0.15) is 34.1 Å². The molecule has 0 spiro atoms. The molecule has 0 aromatic rings. The molecule has 1 aliphatic heterocycles. The summed E-state index contributed by atoms with van der Waals surface area (Å²) in [6.07, 6.45) is -0.352. The Morgan fingerprint density at radius 1 is 1.13 bits per heavy atom. The molecule has 0 aromatic heterocycles. The van der Waals surface area contributed by atoms with Gasteiger partial charge in [-0.1, -0.05) is 0 Å². The van der Waals surface area contributed by atoms with Gasteiger partial charge >= 0.3 is 76.8 Å². The number of carboxylic acid groups (broad SMARTS) is 1. The second kappa shape index (κ2) is 13.1. The van der Waals surface area contributed by atoms with Crippen molar-refractivity contribution in [3.8, 4) is 0 Å². The molecule has 0 aliphatic carbocycles. The van der Waals surface area contributed by atoms with Crippen molar-refractivity contribution >= 4 is 89.6 Å². The number of nitrogens with one attached hydrogen (secondary N) is 2. The number of ether oxygens (including phenoxy) is 1. The fourth-order valence-electron chi connectivity index (χ4n) is 2.24. The van der Waals surface area contributed by atoms with Crippen molar-refractivity contribution < 1.29 is 38.7 Å². The van der Waals surface area contributed by atoms with Gasteiger partial charge in [0.1, 0.15) is 17.1 Å². The Morgan fingerprint density at radius 3 is 2.00 bits per heavy atom. The van der Waals surface area contributed by atoms with Crippen molar-refractivity contribution in [2.75, 3.05) is 13.7 Å². The van der Waals surface area contributed by atoms with Gasteiger partial charge in [-0.15, -0.1) is 0 Å². The maximum absolute atomic E-state index is 12.5. The molecule has 15 heteroatoms. The van der Waals surface area contributed by atoms with Crippen LogP contribution in [0, 0.1) is 0 Å². The Balaban J connectivity index is 0.00000206. The van der Waals surface area contributed by atoms with E-state index in [0.29, 0.717) is 0 Å². The molecule has 3 amide bonds. The number of carbonyl (C=O) groups is 5. The third-order valence-electron chi connectivity index (χ3n) is 4.07. The summed E-state index contributed by atoms with van der Waals surface area (Å²) in [4.78, 5) is 59.9. The van der Waals surface area contributed by atoms with Crippen molar-refractivity contribution in [1.29, 1.82) is 0 Å². The molecule has 1 fully saturated rings. The predicted molar refractivity (Wildman–Crippen MR) is 134 cm³/mol. The van der Waals surface area contributed by atoms with Crippen molar-refractivity contribution in [2.45, 2.75) is 57.3 Å². The van der Waals surface area contributed by atoms with Gasteiger partial charge < -0.3 is 31.1 Å². The van der Waals surface area contributed by atoms with E-state index in [4.69, 9.17) is 10.8 Å². The molecule has 31 heavy (non-hydrogen) atoms. The zero-order chi connectivity index (χ0) is 24.7. The van der Waals surface area contributed by atoms with E-state index in [1.54, 1.807) is 0 Å². The molecule has 1 heterocycles. The molecule has 0 aromatic carbocycles. The second-order valence-electron chi connectivity index (χ2n) is 7.58. The Hall–Kier alpha value is 0.0844. The summed E-state index contributed by atoms with van der Waals surface area (Å²) in [7, 11) is 1.16. The first-order valence-electron chi connectivity index (χ1n) is 8.74. The number of aliphatic carboxylic acids is 1. The van der Waals surface area contributed by atoms with E-state index in [0.717, 1.165) is 12.0 Å². The SMILES string of the molecule is COC(=O)CC(N)C(=O)NC(C)(C)C(=O)NC(C)(C)C(=O)N1CC1C(=O)O.[I][V]([I])[I]. The quantitative estimate of drug-likeness (QED) is 0.157. The molecule has 1 rings (SSSR count). The van der Waals surface area contributed by atoms with Crippen LogP contribution >= 0.6 is 59.9 Å². The van der Waals surface area contributed by atoms with Gasteiger partial charge in [0.05, 0.1) is 26.1 Å². The van der Waals surface area contributed by atoms with Gasteiger partial charge in [0, 0.05) is 0 Å². The Labute approximate surface area is 218 Å². The number of amides is 3. The van der Waals surface area contributed by atoms with Crippen molar-refractivity contribution in [3.05, 3.63) is 0 Å². The molecule has 0 radical (unpaired) electrons. The summed E-state index contributed by atoms with van der Waals surface area (Å²) in [5.41, 5.74) is 2.79. The van der Waals surface area contributed by atoms with E-state index in [-0.39, 0.29) is 17.9 Å². The normalized spacial score (nSPS) is 16.5. The van der Waals surface area contributed by atoms with Crippen molar-refractivity contribution in [3.63, 3.8) is 0 Å². The van der Waals surface area contributed by atoms with Crippen LogP contribution in [-0.4, -0.2) is 76.5 Å². The van der Waals surface area contributed by atoms with E-state index >= 15 is 0 Å². The third kappa shape index (κ3) is 11.2. The second-order valence-corrected chi connectivity index (χ2v) is 43.0. The van der Waals surface area contributed by atoms with E-state index in [2.05, 4.69) is 75.3 Å². The zero-order valence-corrected chi connectivity index (χ0v) is 25.4. The summed E-state index contributed by atoms with van der Waals surface area (Å²) in [5, 5.41) is 13.8. The number of hydrogen-bond donors (Lipinski definition) is 4. The molecule has 5 N–H and O–H groups in total. The number of halogens is 3. The minimum atomic E-state index is -1.44. The number of methoxy groups -OCH3 is 1. The van der Waals surface area contributed by atoms with Crippen LogP contribution in [0.2, 0.25) is 0 Å². The van der Waals surface area contributed by atoms with E-state index < -0.39 is 52.8 Å². The molecule has 0 saturated carbocycles. The number of nitrogens with two attached hydrogens (primary N) is 1. The van der Waals surface area contributed by atoms with E-state index in [9.17, 15) is 24.0 Å². The summed E-state index contributed by atoms with van der Waals surface area (Å²) >= 11 is 7.39. The Bertz CT molecular complexity index is 719. The molecule has 1 aliphatic rings. The molecule has 0 bridgehead atoms. The molecular formula is C16H26I3N4O7V. The predicted octanol–water partition coefficient (Wildman–Crippen LogP) is 0.616. The zero-order valence-electron chi connectivity index (χ0n) is 17.6. The van der Waals surface area contributed by atoms with Crippen molar-refractivity contribution in [1.82, 2.24) is 15.5 Å². The van der Waals surface area contributed by atoms with Crippen LogP contribution in [0.25, 0.3) is 0 Å². The van der Waals surface area contributed by atoms with Crippen LogP contribution < -0.4 is 16.4 Å². The topological polar surface area (TPSA) is 168 Å². The number of esters is 1. The average Bonchev–Trinajstić information content (AvgIpc) is 3.40. The molecule has 2 unspecified atom stereocenters. The Kier molecular flexibility index (Phi) is 13.1. The molecular weight excluding hydrogens is 792 g/mol. The van der Waals surface area contributed by atoms with Crippen LogP contribution in [0.5, 0.6) is 0 Å². The van der Waals surface area contributed by atoms with Gasteiger partial charge in [-0.3, -0.25) is 19.2 Å². The van der Waals surface area contributed by atoms with Crippen LogP contribution in [0.4, 0.5) is 0 Å². The van der Waals surface area contributed by atoms with E-state index in [1.807, 2.05) is 0 Å². The third-order valence-corrected chi connectivity index (χ3v) is 4.07. The molecule has 178 valence electrons. The van der Waals surface area contributed by atoms with Gasteiger partial charge in [0.2, 0.25) is 17.7 Å². The van der Waals surface area contributed by atoms with Gasteiger partial charge in [-0.05, 0) is 27.7 Å². The standard InChI is InChI=1S/C16H26N4O7.3HI.V/c1-15(2,18-11(22)8(17)6-10(21)27-5)13(25)19-16(3,4)14(26)20-7-9(20)12(23)24;;;;/h8-9H,6-7,17H2,1-5H3,(H,18,22)(H,19,25)(H,23,24);3*1H;/q;;;;+3/p-3. The number of carbonyl (C=O) groups excluding carboxylic acids is 4. The summed E-state index contributed by atoms with van der Waals surface area (Å²) < 4.78 is 4.43. The van der Waals surface area contributed by atoms with Gasteiger partial charge in [0.15, 0.2) is 0 Å². The number of nitrogens with zero attached hydrogens (tertiary/aromatic N) is 1. The van der Waals surface area contributed by atoms with Crippen molar-refractivity contribution in [2.24, 2.45) is 5.73 Å². The van der Waals surface area contributed by atoms with Crippen LogP contribution in [0.3, 0.4) is 0 Å². The van der Waals surface area contributed by atoms with Crippen LogP contribution in [0.15, 0.2) is 0 Å². The van der Waals surface area contributed by atoms with E-state index in [1.165, 1.54) is 27.7 Å². The number of hydrogen-bond acceptors (Lipinski definition) is 7. The van der Waals surface area contributed by atoms with Gasteiger partial charge in [0.25, 0.3) is 0 Å². The first-order chi connectivity index (χ1) is 14.0. The Morgan fingerprint density at radius 2 is 1.61 bits per heavy atom. The fraction of sp³-hybridized carbons (Fsp3) is 0.688. The monoisotopic (exact) mass is 818 g/mol. The first-order valence-corrected chi connectivity index (χ1v) is 22.3. The maximum atomic E-state index is 12.5.